The number of amides is 1. The molecule has 1 aliphatic heterocycles. The number of nitrogens with zero attached hydrogens (tertiary/aromatic N) is 4. The van der Waals surface area contributed by atoms with Gasteiger partial charge in [-0.2, -0.15) is 14.6 Å². The second kappa shape index (κ2) is 7.86. The number of carbonyl (C=O) groups is 1. The molecule has 0 bridgehead atoms. The molecule has 0 saturated carbocycles. The first-order valence-electron chi connectivity index (χ1n) is 10.6. The van der Waals surface area contributed by atoms with E-state index < -0.39 is 11.1 Å². The van der Waals surface area contributed by atoms with Crippen LogP contribution in [0.3, 0.4) is 0 Å². The maximum absolute atomic E-state index is 13.6. The lowest BCUT2D eigenvalue weighted by molar-refractivity contribution is -0.113. The number of hydrogen-bond acceptors (Lipinski definition) is 6. The number of carbonyl (C=O) groups excluding carboxylic acids is 1. The van der Waals surface area contributed by atoms with Gasteiger partial charge in [-0.05, 0) is 11.6 Å². The van der Waals surface area contributed by atoms with Gasteiger partial charge in [0.15, 0.2) is 5.69 Å². The quantitative estimate of drug-likeness (QED) is 0.410. The molecule has 0 fully saturated rings. The first-order valence-corrected chi connectivity index (χ1v) is 11.4. The number of rotatable bonds is 3. The Morgan fingerprint density at radius 1 is 0.794 bits per heavy atom. The summed E-state index contributed by atoms with van der Waals surface area (Å²) in [6, 6.07) is 26.0. The third-order valence-corrected chi connectivity index (χ3v) is 6.77. The standard InChI is InChI=1S/C26H16N4O3S/c31-23-21(17-11-5-2-6-12-17)28-30-25(33)22(34-26(30)27-23)20-18-13-7-8-14-19(18)29(24(20)32)15-16-9-3-1-4-10-16/h1-14H,15H2/b22-20-. The molecule has 3 aromatic carbocycles. The van der Waals surface area contributed by atoms with Gasteiger partial charge in [0.2, 0.25) is 4.96 Å². The molecule has 3 heterocycles. The topological polar surface area (TPSA) is 84.6 Å². The van der Waals surface area contributed by atoms with Crippen LogP contribution in [0.5, 0.6) is 0 Å². The summed E-state index contributed by atoms with van der Waals surface area (Å²) in [7, 11) is 0. The molecule has 0 spiro atoms. The lowest BCUT2D eigenvalue weighted by atomic mass is 10.1. The molecular weight excluding hydrogens is 448 g/mol. The van der Waals surface area contributed by atoms with Gasteiger partial charge >= 0.3 is 5.56 Å². The summed E-state index contributed by atoms with van der Waals surface area (Å²) in [5.41, 5.74) is 2.38. The van der Waals surface area contributed by atoms with Crippen molar-refractivity contribution < 1.29 is 4.79 Å². The van der Waals surface area contributed by atoms with E-state index in [2.05, 4.69) is 10.1 Å². The van der Waals surface area contributed by atoms with E-state index in [1.807, 2.05) is 60.7 Å². The lowest BCUT2D eigenvalue weighted by Gasteiger charge is -2.17. The second-order valence-electron chi connectivity index (χ2n) is 7.83. The fraction of sp³-hybridized carbons (Fsp3) is 0.0385. The minimum absolute atomic E-state index is 0.0911. The van der Waals surface area contributed by atoms with Crippen molar-refractivity contribution >= 4 is 33.5 Å². The second-order valence-corrected chi connectivity index (χ2v) is 8.81. The molecule has 6 rings (SSSR count). The van der Waals surface area contributed by atoms with E-state index in [1.54, 1.807) is 29.2 Å². The van der Waals surface area contributed by atoms with E-state index in [0.29, 0.717) is 23.2 Å². The molecule has 0 atom stereocenters. The predicted octanol–water partition coefficient (Wildman–Crippen LogP) is 2.64. The number of para-hydroxylation sites is 1. The number of anilines is 1. The number of hydrogen-bond donors (Lipinski definition) is 0. The van der Waals surface area contributed by atoms with Crippen molar-refractivity contribution in [3.63, 3.8) is 0 Å². The third-order valence-electron chi connectivity index (χ3n) is 5.74. The Morgan fingerprint density at radius 3 is 2.24 bits per heavy atom. The Kier molecular flexibility index (Phi) is 4.67. The summed E-state index contributed by atoms with van der Waals surface area (Å²) in [6.07, 6.45) is 0. The Labute approximate surface area is 196 Å². The molecule has 8 heteroatoms. The van der Waals surface area contributed by atoms with E-state index >= 15 is 0 Å². The molecule has 0 radical (unpaired) electrons. The van der Waals surface area contributed by atoms with Crippen LogP contribution < -0.4 is 20.6 Å². The fourth-order valence-corrected chi connectivity index (χ4v) is 5.15. The van der Waals surface area contributed by atoms with Gasteiger partial charge in [0.1, 0.15) is 4.53 Å². The molecule has 5 aromatic rings. The average Bonchev–Trinajstić information content (AvgIpc) is 3.32. The van der Waals surface area contributed by atoms with Crippen LogP contribution in [0.15, 0.2) is 94.5 Å². The molecule has 164 valence electrons. The Bertz CT molecular complexity index is 1740. The van der Waals surface area contributed by atoms with Crippen LogP contribution >= 0.6 is 11.3 Å². The number of thiazole rings is 1. The zero-order valence-corrected chi connectivity index (χ0v) is 18.5. The summed E-state index contributed by atoms with van der Waals surface area (Å²) in [5, 5.41) is 4.31. The fourth-order valence-electron chi connectivity index (χ4n) is 4.16. The summed E-state index contributed by atoms with van der Waals surface area (Å²) in [6.45, 7) is 0.381. The summed E-state index contributed by atoms with van der Waals surface area (Å²) >= 11 is 1.01. The minimum Gasteiger partial charge on any atom is -0.303 e. The predicted molar refractivity (Wildman–Crippen MR) is 131 cm³/mol. The summed E-state index contributed by atoms with van der Waals surface area (Å²) in [5.74, 6) is -0.264. The molecular formula is C26H16N4O3S. The van der Waals surface area contributed by atoms with Crippen LogP contribution in [-0.4, -0.2) is 20.5 Å². The third kappa shape index (κ3) is 3.15. The molecule has 0 saturated heterocycles. The minimum atomic E-state index is -0.521. The zero-order chi connectivity index (χ0) is 23.2. The van der Waals surface area contributed by atoms with Crippen LogP contribution in [0.1, 0.15) is 11.1 Å². The highest BCUT2D eigenvalue weighted by Crippen LogP contribution is 2.36. The Morgan fingerprint density at radius 2 is 1.47 bits per heavy atom. The van der Waals surface area contributed by atoms with E-state index in [1.165, 1.54) is 0 Å². The van der Waals surface area contributed by atoms with E-state index in [9.17, 15) is 14.4 Å². The smallest absolute Gasteiger partial charge is 0.300 e. The van der Waals surface area contributed by atoms with Crippen molar-refractivity contribution in [2.45, 2.75) is 6.54 Å². The molecule has 34 heavy (non-hydrogen) atoms. The molecule has 0 N–H and O–H groups in total. The zero-order valence-electron chi connectivity index (χ0n) is 17.7. The van der Waals surface area contributed by atoms with E-state index in [4.69, 9.17) is 0 Å². The highest BCUT2D eigenvalue weighted by molar-refractivity contribution is 7.15. The lowest BCUT2D eigenvalue weighted by Crippen LogP contribution is -2.32. The SMILES string of the molecule is O=C1/C(=c2\sc3nc(=O)c(-c4ccccc4)nn3c2=O)c2ccccc2N1Cc1ccccc1. The van der Waals surface area contributed by atoms with E-state index in [-0.39, 0.29) is 21.1 Å². The number of fused-ring (bicyclic) bond motifs is 2. The maximum atomic E-state index is 13.6. The Hall–Kier alpha value is -4.43. The molecule has 2 aromatic heterocycles. The van der Waals surface area contributed by atoms with Crippen molar-refractivity contribution in [2.24, 2.45) is 0 Å². The van der Waals surface area contributed by atoms with Gasteiger partial charge < -0.3 is 4.90 Å². The van der Waals surface area contributed by atoms with Crippen molar-refractivity contribution in [1.82, 2.24) is 14.6 Å². The van der Waals surface area contributed by atoms with Crippen LogP contribution in [0.25, 0.3) is 21.8 Å². The van der Waals surface area contributed by atoms with Crippen molar-refractivity contribution in [1.29, 1.82) is 0 Å². The van der Waals surface area contributed by atoms with Crippen molar-refractivity contribution in [3.8, 4) is 11.3 Å². The van der Waals surface area contributed by atoms with Crippen LogP contribution in [-0.2, 0) is 11.3 Å². The molecule has 1 aliphatic rings. The number of benzene rings is 3. The molecule has 7 nitrogen and oxygen atoms in total. The van der Waals surface area contributed by atoms with Gasteiger partial charge in [-0.25, -0.2) is 0 Å². The van der Waals surface area contributed by atoms with Gasteiger partial charge in [0.05, 0.1) is 17.8 Å². The monoisotopic (exact) mass is 464 g/mol. The van der Waals surface area contributed by atoms with E-state index in [0.717, 1.165) is 27.1 Å². The molecule has 0 aliphatic carbocycles. The van der Waals surface area contributed by atoms with Crippen LogP contribution in [0.2, 0.25) is 0 Å². The highest BCUT2D eigenvalue weighted by Gasteiger charge is 2.34. The highest BCUT2D eigenvalue weighted by atomic mass is 32.1. The van der Waals surface area contributed by atoms with Gasteiger partial charge in [-0.3, -0.25) is 14.4 Å². The largest absolute Gasteiger partial charge is 0.303 e. The molecule has 1 amide bonds. The van der Waals surface area contributed by atoms with Gasteiger partial charge in [-0.1, -0.05) is 90.2 Å². The summed E-state index contributed by atoms with van der Waals surface area (Å²) in [4.78, 5) is 45.6. The van der Waals surface area contributed by atoms with Crippen molar-refractivity contribution in [3.05, 3.63) is 121 Å². The molecule has 0 unspecified atom stereocenters. The Balaban J connectivity index is 1.57. The average molecular weight is 465 g/mol. The van der Waals surface area contributed by atoms with Crippen LogP contribution in [0.4, 0.5) is 5.69 Å². The van der Waals surface area contributed by atoms with Crippen molar-refractivity contribution in [2.75, 3.05) is 4.90 Å². The van der Waals surface area contributed by atoms with Gasteiger partial charge in [0.25, 0.3) is 11.5 Å². The normalized spacial score (nSPS) is 14.6. The number of aromatic nitrogens is 3. The van der Waals surface area contributed by atoms with Crippen LogP contribution in [0, 0.1) is 0 Å². The first-order chi connectivity index (χ1) is 16.6. The summed E-state index contributed by atoms with van der Waals surface area (Å²) < 4.78 is 1.34. The first kappa shape index (κ1) is 20.2. The maximum Gasteiger partial charge on any atom is 0.300 e. The van der Waals surface area contributed by atoms with Gasteiger partial charge in [-0.15, -0.1) is 0 Å². The van der Waals surface area contributed by atoms with Gasteiger partial charge in [0, 0.05) is 11.1 Å².